The van der Waals surface area contributed by atoms with Gasteiger partial charge < -0.3 is 26.6 Å². The molecule has 3 aromatic carbocycles. The van der Waals surface area contributed by atoms with Crippen LogP contribution in [0.2, 0.25) is 0 Å². The Hall–Kier alpha value is -3.60. The molecule has 0 fully saturated rings. The van der Waals surface area contributed by atoms with Gasteiger partial charge in [0.15, 0.2) is 0 Å². The Morgan fingerprint density at radius 1 is 0.933 bits per heavy atom. The molecule has 0 saturated carbocycles. The second-order valence-electron chi connectivity index (χ2n) is 10.9. The molecular weight excluding hydrogens is 589 g/mol. The number of rotatable bonds is 12. The van der Waals surface area contributed by atoms with E-state index in [-0.39, 0.29) is 49.1 Å². The number of nitrogens with one attached hydrogen (secondary N) is 1. The summed E-state index contributed by atoms with van der Waals surface area (Å²) in [5.41, 5.74) is 4.56. The number of carbonyl (C=O) groups is 2. The van der Waals surface area contributed by atoms with Crippen molar-refractivity contribution in [1.82, 2.24) is 4.57 Å². The number of carboxylic acids is 1. The third kappa shape index (κ3) is 8.99. The first-order valence-corrected chi connectivity index (χ1v) is 14.4. The van der Waals surface area contributed by atoms with Crippen LogP contribution in [0.25, 0.3) is 28.3 Å². The number of hydrogen-bond donors (Lipinski definition) is 4. The van der Waals surface area contributed by atoms with Gasteiger partial charge in [0.05, 0.1) is 18.6 Å². The topological polar surface area (TPSA) is 112 Å². The molecule has 4 aromatic rings. The van der Waals surface area contributed by atoms with Crippen LogP contribution < -0.4 is 34.9 Å². The number of aliphatic hydroxyl groups is 2. The van der Waals surface area contributed by atoms with Crippen molar-refractivity contribution in [3.05, 3.63) is 107 Å². The molecule has 0 radical (unpaired) electrons. The van der Waals surface area contributed by atoms with Crippen LogP contribution in [0.3, 0.4) is 0 Å². The summed E-state index contributed by atoms with van der Waals surface area (Å²) in [6, 6.07) is 18.7. The van der Waals surface area contributed by atoms with Gasteiger partial charge in [-0.2, -0.15) is 0 Å². The fraction of sp³-hybridized carbons (Fsp3) is 0.257. The maximum atomic E-state index is 14.2. The summed E-state index contributed by atoms with van der Waals surface area (Å²) in [7, 11) is 0. The van der Waals surface area contributed by atoms with Gasteiger partial charge in [0, 0.05) is 35.0 Å². The second kappa shape index (κ2) is 16.1. The Bertz CT molecular complexity index is 1660. The zero-order valence-electron chi connectivity index (χ0n) is 26.8. The smallest absolute Gasteiger partial charge is 1.00 e. The average molecular weight is 627 g/mol. The van der Waals surface area contributed by atoms with Gasteiger partial charge in [-0.3, -0.25) is 9.59 Å². The molecule has 4 rings (SSSR count). The molecule has 232 valence electrons. The predicted molar refractivity (Wildman–Crippen MR) is 168 cm³/mol. The van der Waals surface area contributed by atoms with E-state index in [4.69, 9.17) is 5.11 Å². The first-order valence-electron chi connectivity index (χ1n) is 14.4. The van der Waals surface area contributed by atoms with Crippen LogP contribution in [0, 0.1) is 11.6 Å². The minimum atomic E-state index is -1.27. The molecule has 2 atom stereocenters. The number of nitrogens with zero attached hydrogens (tertiary/aromatic N) is 1. The van der Waals surface area contributed by atoms with Crippen LogP contribution in [0.5, 0.6) is 0 Å². The van der Waals surface area contributed by atoms with Crippen molar-refractivity contribution >= 4 is 23.6 Å². The summed E-state index contributed by atoms with van der Waals surface area (Å²) in [5.74, 6) is -2.52. The van der Waals surface area contributed by atoms with E-state index in [0.29, 0.717) is 33.6 Å². The predicted octanol–water partition coefficient (Wildman–Crippen LogP) is 4.21. The quantitative estimate of drug-likeness (QED) is 0.176. The number of aliphatic hydroxyl groups excluding tert-OH is 2. The minimum Gasteiger partial charge on any atom is -1.00 e. The average Bonchev–Trinajstić information content (AvgIpc) is 3.32. The van der Waals surface area contributed by atoms with E-state index in [1.807, 2.05) is 39.0 Å². The van der Waals surface area contributed by atoms with Crippen molar-refractivity contribution in [2.45, 2.75) is 58.3 Å². The molecule has 0 aliphatic heterocycles. The Morgan fingerprint density at radius 3 is 2.04 bits per heavy atom. The number of anilines is 1. The molecular formula is C35H37F2N2NaO5. The van der Waals surface area contributed by atoms with E-state index in [2.05, 4.69) is 5.32 Å². The number of benzene rings is 3. The van der Waals surface area contributed by atoms with E-state index in [0.717, 1.165) is 12.0 Å². The summed E-state index contributed by atoms with van der Waals surface area (Å²) in [5, 5.41) is 32.7. The zero-order chi connectivity index (χ0) is 32.0. The van der Waals surface area contributed by atoms with Crippen LogP contribution in [-0.4, -0.2) is 44.0 Å². The van der Waals surface area contributed by atoms with Gasteiger partial charge in [0.2, 0.25) is 0 Å². The summed E-state index contributed by atoms with van der Waals surface area (Å²) < 4.78 is 29.9. The number of carbonyl (C=O) groups excluding carboxylic acids is 1. The van der Waals surface area contributed by atoms with Crippen LogP contribution >= 0.6 is 0 Å². The molecule has 1 heterocycles. The number of carboxylic acid groups (broad SMARTS) is 1. The van der Waals surface area contributed by atoms with Gasteiger partial charge >= 0.3 is 35.5 Å². The molecule has 4 N–H and O–H groups in total. The van der Waals surface area contributed by atoms with Gasteiger partial charge in [-0.1, -0.05) is 49.4 Å². The molecule has 0 aliphatic rings. The number of aromatic nitrogens is 1. The SMILES string of the molecule is CCc1cccc(NC(=O)c2c(-c3ccc(F)cc3)c(-c3ccc(F)cc3)c(/C=C/[C@@H](O)C[C@@H](O)CC(=O)O)n2C(C)C)c1.[H-].[Na+]. The normalized spacial score (nSPS) is 12.6. The molecule has 7 nitrogen and oxygen atoms in total. The summed E-state index contributed by atoms with van der Waals surface area (Å²) >= 11 is 0. The number of amides is 1. The first kappa shape index (κ1) is 35.9. The molecule has 45 heavy (non-hydrogen) atoms. The van der Waals surface area contributed by atoms with E-state index in [1.54, 1.807) is 41.0 Å². The van der Waals surface area contributed by atoms with Crippen molar-refractivity contribution in [1.29, 1.82) is 0 Å². The molecule has 0 saturated heterocycles. The fourth-order valence-corrected chi connectivity index (χ4v) is 5.24. The second-order valence-corrected chi connectivity index (χ2v) is 10.9. The molecule has 1 aromatic heterocycles. The Morgan fingerprint density at radius 2 is 1.51 bits per heavy atom. The van der Waals surface area contributed by atoms with Gasteiger partial charge in [-0.25, -0.2) is 8.78 Å². The summed E-state index contributed by atoms with van der Waals surface area (Å²) in [6.45, 7) is 5.80. The molecule has 0 bridgehead atoms. The third-order valence-electron chi connectivity index (χ3n) is 7.23. The van der Waals surface area contributed by atoms with Crippen LogP contribution in [0.4, 0.5) is 14.5 Å². The standard InChI is InChI=1S/C35H36F2N2O5.Na.H/c1-4-22-6-5-7-27(18-22)38-35(44)34-33(24-10-14-26(37)15-11-24)32(23-8-12-25(36)13-9-23)30(39(34)21(2)3)17-16-28(40)19-29(41)20-31(42)43;;/h5-18,21,28-29,40-41H,4,19-20H2,1-3H3,(H,38,44)(H,42,43);;/q;+1;-1/b17-16+;;/t28-,29-;;/m1../s1. The molecule has 0 spiro atoms. The van der Waals surface area contributed by atoms with E-state index in [1.165, 1.54) is 30.3 Å². The monoisotopic (exact) mass is 626 g/mol. The fourth-order valence-electron chi connectivity index (χ4n) is 5.24. The van der Waals surface area contributed by atoms with Gasteiger partial charge in [-0.05, 0) is 79.4 Å². The zero-order valence-corrected chi connectivity index (χ0v) is 27.8. The molecule has 0 aliphatic carbocycles. The molecule has 10 heteroatoms. The van der Waals surface area contributed by atoms with Crippen LogP contribution in [0.1, 0.15) is 62.8 Å². The first-order chi connectivity index (χ1) is 21.0. The van der Waals surface area contributed by atoms with Crippen molar-refractivity contribution < 1.29 is 64.7 Å². The van der Waals surface area contributed by atoms with Crippen LogP contribution in [0.15, 0.2) is 78.9 Å². The van der Waals surface area contributed by atoms with Crippen molar-refractivity contribution in [2.24, 2.45) is 0 Å². The Labute approximate surface area is 285 Å². The third-order valence-corrected chi connectivity index (χ3v) is 7.23. The van der Waals surface area contributed by atoms with Gasteiger partial charge in [0.25, 0.3) is 5.91 Å². The number of aryl methyl sites for hydroxylation is 1. The van der Waals surface area contributed by atoms with Gasteiger partial charge in [-0.15, -0.1) is 0 Å². The number of hydrogen-bond acceptors (Lipinski definition) is 4. The number of halogens is 2. The maximum absolute atomic E-state index is 14.2. The summed E-state index contributed by atoms with van der Waals surface area (Å²) in [6.07, 6.45) is 0.598. The van der Waals surface area contributed by atoms with Crippen LogP contribution in [-0.2, 0) is 11.2 Å². The van der Waals surface area contributed by atoms with Crippen molar-refractivity contribution in [2.75, 3.05) is 5.32 Å². The minimum absolute atomic E-state index is 0. The van der Waals surface area contributed by atoms with E-state index >= 15 is 0 Å². The Kier molecular flexibility index (Phi) is 12.8. The van der Waals surface area contributed by atoms with Gasteiger partial charge in [0.1, 0.15) is 17.3 Å². The molecule has 0 unspecified atom stereocenters. The number of aliphatic carboxylic acids is 1. The van der Waals surface area contributed by atoms with Crippen molar-refractivity contribution in [3.8, 4) is 22.3 Å². The Balaban J connectivity index is 0.00000368. The van der Waals surface area contributed by atoms with E-state index < -0.39 is 42.1 Å². The largest absolute Gasteiger partial charge is 1.00 e. The van der Waals surface area contributed by atoms with E-state index in [9.17, 15) is 28.6 Å². The van der Waals surface area contributed by atoms with Crippen molar-refractivity contribution in [3.63, 3.8) is 0 Å². The summed E-state index contributed by atoms with van der Waals surface area (Å²) in [4.78, 5) is 25.2. The molecule has 1 amide bonds. The maximum Gasteiger partial charge on any atom is 1.00 e.